The van der Waals surface area contributed by atoms with Crippen molar-refractivity contribution in [3.05, 3.63) is 218 Å². The van der Waals surface area contributed by atoms with E-state index in [9.17, 15) is 0 Å². The van der Waals surface area contributed by atoms with Gasteiger partial charge in [0.15, 0.2) is 0 Å². The first-order valence-electron chi connectivity index (χ1n) is 20.0. The van der Waals surface area contributed by atoms with Crippen molar-refractivity contribution in [3.8, 4) is 44.8 Å². The minimum Gasteiger partial charge on any atom is -0.309 e. The maximum absolute atomic E-state index is 2.46. The predicted molar refractivity (Wildman–Crippen MR) is 246 cm³/mol. The number of aromatic nitrogens is 2. The van der Waals surface area contributed by atoms with Crippen molar-refractivity contribution in [1.29, 1.82) is 0 Å². The van der Waals surface area contributed by atoms with Gasteiger partial charge in [0, 0.05) is 32.9 Å². The number of nitrogens with zero attached hydrogens (tertiary/aromatic N) is 2. The van der Waals surface area contributed by atoms with Gasteiger partial charge in [0.1, 0.15) is 0 Å². The van der Waals surface area contributed by atoms with Crippen LogP contribution in [-0.4, -0.2) is 9.13 Å². The molecule has 10 aromatic carbocycles. The maximum atomic E-state index is 2.46. The Morgan fingerprint density at radius 1 is 0.241 bits per heavy atom. The molecule has 0 aliphatic heterocycles. The molecule has 2 heterocycles. The van der Waals surface area contributed by atoms with E-state index in [-0.39, 0.29) is 0 Å². The summed E-state index contributed by atoms with van der Waals surface area (Å²) in [5.74, 6) is 0. The van der Waals surface area contributed by atoms with Crippen molar-refractivity contribution in [2.75, 3.05) is 0 Å². The Bertz CT molecular complexity index is 3520. The average molecular weight is 737 g/mol. The zero-order valence-corrected chi connectivity index (χ0v) is 31.7. The molecule has 270 valence electrons. The lowest BCUT2D eigenvalue weighted by molar-refractivity contribution is 1.18. The molecule has 0 atom stereocenters. The van der Waals surface area contributed by atoms with Gasteiger partial charge < -0.3 is 9.13 Å². The van der Waals surface area contributed by atoms with Crippen LogP contribution < -0.4 is 0 Å². The number of hydrogen-bond acceptors (Lipinski definition) is 0. The Kier molecular flexibility index (Phi) is 7.26. The van der Waals surface area contributed by atoms with Crippen LogP contribution in [0.1, 0.15) is 0 Å². The minimum absolute atomic E-state index is 1.16. The molecule has 0 radical (unpaired) electrons. The second kappa shape index (κ2) is 12.9. The molecule has 2 aromatic heterocycles. The third-order valence-electron chi connectivity index (χ3n) is 12.0. The lowest BCUT2D eigenvalue weighted by Crippen LogP contribution is -1.94. The molecule has 58 heavy (non-hydrogen) atoms. The summed E-state index contributed by atoms with van der Waals surface area (Å²) in [4.78, 5) is 0. The molecule has 0 N–H and O–H groups in total. The summed E-state index contributed by atoms with van der Waals surface area (Å²) >= 11 is 0. The Balaban J connectivity index is 1.24. The summed E-state index contributed by atoms with van der Waals surface area (Å²) in [5.41, 5.74) is 14.4. The van der Waals surface area contributed by atoms with E-state index in [2.05, 4.69) is 228 Å². The lowest BCUT2D eigenvalue weighted by atomic mass is 9.85. The first-order chi connectivity index (χ1) is 28.8. The van der Waals surface area contributed by atoms with Crippen LogP contribution in [0.4, 0.5) is 0 Å². The van der Waals surface area contributed by atoms with Crippen LogP contribution in [0.15, 0.2) is 218 Å². The molecule has 12 rings (SSSR count). The zero-order valence-electron chi connectivity index (χ0n) is 31.7. The van der Waals surface area contributed by atoms with Gasteiger partial charge in [-0.3, -0.25) is 0 Å². The van der Waals surface area contributed by atoms with E-state index in [1.54, 1.807) is 0 Å². The summed E-state index contributed by atoms with van der Waals surface area (Å²) in [6, 6.07) is 80.1. The lowest BCUT2D eigenvalue weighted by Gasteiger charge is -2.18. The van der Waals surface area contributed by atoms with Crippen LogP contribution in [0.3, 0.4) is 0 Å². The van der Waals surface area contributed by atoms with Crippen LogP contribution >= 0.6 is 0 Å². The van der Waals surface area contributed by atoms with Gasteiger partial charge in [-0.2, -0.15) is 0 Å². The fraction of sp³-hybridized carbons (Fsp3) is 0. The fourth-order valence-electron chi connectivity index (χ4n) is 9.48. The highest BCUT2D eigenvalue weighted by Crippen LogP contribution is 2.46. The van der Waals surface area contributed by atoms with E-state index < -0.39 is 0 Å². The molecule has 2 heteroatoms. The van der Waals surface area contributed by atoms with Crippen LogP contribution in [0.5, 0.6) is 0 Å². The number of benzene rings is 10. The number of para-hydroxylation sites is 4. The van der Waals surface area contributed by atoms with E-state index in [0.717, 1.165) is 11.4 Å². The molecule has 0 saturated heterocycles. The Morgan fingerprint density at radius 3 is 1.36 bits per heavy atom. The zero-order chi connectivity index (χ0) is 38.2. The summed E-state index contributed by atoms with van der Waals surface area (Å²) in [5, 5.41) is 9.97. The SMILES string of the molecule is c1ccc(-c2cc(-c3ccccc3)c3c(-c4ccc5c(c4)c4ccccc4n5-c4ccccc4)cc4cc5c(cc4c3c2)c2ccccc2n5-c2ccccc2)cc1. The Labute approximate surface area is 336 Å². The first-order valence-corrected chi connectivity index (χ1v) is 20.0. The molecule has 0 spiro atoms. The smallest absolute Gasteiger partial charge is 0.0547 e. The molecule has 0 fully saturated rings. The van der Waals surface area contributed by atoms with Crippen molar-refractivity contribution < 1.29 is 0 Å². The molecular formula is C56H36N2. The highest BCUT2D eigenvalue weighted by atomic mass is 15.0. The van der Waals surface area contributed by atoms with E-state index in [1.807, 2.05) is 0 Å². The van der Waals surface area contributed by atoms with Crippen molar-refractivity contribution in [2.45, 2.75) is 0 Å². The molecule has 0 aliphatic carbocycles. The van der Waals surface area contributed by atoms with Crippen LogP contribution in [0.25, 0.3) is 110 Å². The second-order valence-electron chi connectivity index (χ2n) is 15.3. The third-order valence-corrected chi connectivity index (χ3v) is 12.0. The average Bonchev–Trinajstić information content (AvgIpc) is 3.81. The Morgan fingerprint density at radius 2 is 0.724 bits per heavy atom. The molecule has 0 aliphatic rings. The monoisotopic (exact) mass is 736 g/mol. The van der Waals surface area contributed by atoms with E-state index in [4.69, 9.17) is 0 Å². The van der Waals surface area contributed by atoms with E-state index >= 15 is 0 Å². The van der Waals surface area contributed by atoms with Gasteiger partial charge in [-0.05, 0) is 134 Å². The molecule has 0 saturated carbocycles. The van der Waals surface area contributed by atoms with Crippen molar-refractivity contribution >= 4 is 65.2 Å². The van der Waals surface area contributed by atoms with Crippen LogP contribution in [0.2, 0.25) is 0 Å². The van der Waals surface area contributed by atoms with Gasteiger partial charge in [-0.25, -0.2) is 0 Å². The van der Waals surface area contributed by atoms with Gasteiger partial charge in [0.25, 0.3) is 0 Å². The number of rotatable bonds is 5. The van der Waals surface area contributed by atoms with Crippen LogP contribution in [0, 0.1) is 0 Å². The summed E-state index contributed by atoms with van der Waals surface area (Å²) in [6.07, 6.45) is 0. The van der Waals surface area contributed by atoms with E-state index in [1.165, 1.54) is 98.5 Å². The van der Waals surface area contributed by atoms with Crippen molar-refractivity contribution in [2.24, 2.45) is 0 Å². The molecule has 12 aromatic rings. The topological polar surface area (TPSA) is 9.86 Å². The number of hydrogen-bond donors (Lipinski definition) is 0. The fourth-order valence-corrected chi connectivity index (χ4v) is 9.48. The van der Waals surface area contributed by atoms with Gasteiger partial charge in [-0.1, -0.05) is 140 Å². The molecular weight excluding hydrogens is 701 g/mol. The normalized spacial score (nSPS) is 11.8. The van der Waals surface area contributed by atoms with Gasteiger partial charge in [-0.15, -0.1) is 0 Å². The predicted octanol–water partition coefficient (Wildman–Crippen LogP) is 15.2. The van der Waals surface area contributed by atoms with Crippen molar-refractivity contribution in [3.63, 3.8) is 0 Å². The summed E-state index contributed by atoms with van der Waals surface area (Å²) in [7, 11) is 0. The molecule has 0 amide bonds. The van der Waals surface area contributed by atoms with Crippen molar-refractivity contribution in [1.82, 2.24) is 9.13 Å². The molecule has 2 nitrogen and oxygen atoms in total. The van der Waals surface area contributed by atoms with Gasteiger partial charge in [0.2, 0.25) is 0 Å². The standard InChI is InChI=1S/C56H36N2/c1-5-17-37(18-6-1)40-32-47(38-19-7-2-8-20-38)56-48(39-29-30-54-49(31-39)44-25-13-15-27-52(44)57(54)42-21-9-3-10-22-42)34-41-35-55-50(36-46(41)51(56)33-40)45-26-14-16-28-53(45)58(55)43-23-11-4-12-24-43/h1-36H. The molecule has 0 bridgehead atoms. The number of fused-ring (bicyclic) bond motifs is 9. The maximum Gasteiger partial charge on any atom is 0.0547 e. The van der Waals surface area contributed by atoms with E-state index in [0.29, 0.717) is 0 Å². The highest BCUT2D eigenvalue weighted by molar-refractivity contribution is 6.24. The second-order valence-corrected chi connectivity index (χ2v) is 15.3. The largest absolute Gasteiger partial charge is 0.309 e. The molecule has 0 unspecified atom stereocenters. The quantitative estimate of drug-likeness (QED) is 0.156. The van der Waals surface area contributed by atoms with Gasteiger partial charge in [0.05, 0.1) is 22.1 Å². The van der Waals surface area contributed by atoms with Crippen LogP contribution in [-0.2, 0) is 0 Å². The highest BCUT2D eigenvalue weighted by Gasteiger charge is 2.21. The summed E-state index contributed by atoms with van der Waals surface area (Å²) in [6.45, 7) is 0. The first kappa shape index (κ1) is 32.6. The third kappa shape index (κ3) is 4.99. The van der Waals surface area contributed by atoms with Gasteiger partial charge >= 0.3 is 0 Å². The minimum atomic E-state index is 1.16. The summed E-state index contributed by atoms with van der Waals surface area (Å²) < 4.78 is 4.82. The Hall–Kier alpha value is -7.68.